The number of rotatable bonds is 7. The lowest BCUT2D eigenvalue weighted by molar-refractivity contribution is -0.155. The van der Waals surface area contributed by atoms with Gasteiger partial charge in [-0.15, -0.1) is 0 Å². The van der Waals surface area contributed by atoms with Crippen LogP contribution in [0.3, 0.4) is 0 Å². The van der Waals surface area contributed by atoms with Gasteiger partial charge in [-0.25, -0.2) is 0 Å². The summed E-state index contributed by atoms with van der Waals surface area (Å²) in [6, 6.07) is 12.0. The molecule has 3 fully saturated rings. The van der Waals surface area contributed by atoms with Crippen molar-refractivity contribution in [2.24, 2.45) is 17.8 Å². The van der Waals surface area contributed by atoms with E-state index in [0.717, 1.165) is 10.8 Å². The van der Waals surface area contributed by atoms with Crippen molar-refractivity contribution in [1.82, 2.24) is 4.90 Å². The van der Waals surface area contributed by atoms with E-state index in [4.69, 9.17) is 9.47 Å². The molecule has 6 atom stereocenters. The Hall–Kier alpha value is -2.97. The van der Waals surface area contributed by atoms with Crippen LogP contribution < -0.4 is 5.32 Å². The molecule has 3 aliphatic heterocycles. The Balaban J connectivity index is 1.54. The molecule has 2 aromatic rings. The zero-order chi connectivity index (χ0) is 24.9. The van der Waals surface area contributed by atoms with Gasteiger partial charge in [-0.1, -0.05) is 44.2 Å². The first-order valence-electron chi connectivity index (χ1n) is 12.4. The molecule has 0 saturated carbocycles. The number of hydrogen-bond acceptors (Lipinski definition) is 6. The fourth-order valence-corrected chi connectivity index (χ4v) is 6.35. The summed E-state index contributed by atoms with van der Waals surface area (Å²) >= 11 is 0. The minimum atomic E-state index is -1.12. The van der Waals surface area contributed by atoms with Crippen molar-refractivity contribution in [2.75, 3.05) is 18.5 Å². The van der Waals surface area contributed by atoms with Crippen LogP contribution >= 0.6 is 0 Å². The molecule has 2 aromatic carbocycles. The van der Waals surface area contributed by atoms with E-state index in [1.54, 1.807) is 6.92 Å². The molecular formula is C27H32N2O6. The zero-order valence-electron chi connectivity index (χ0n) is 20.3. The number of fused-ring (bicyclic) bond motifs is 2. The van der Waals surface area contributed by atoms with Gasteiger partial charge in [0, 0.05) is 5.69 Å². The number of nitrogens with one attached hydrogen (secondary N) is 1. The second-order valence-corrected chi connectivity index (χ2v) is 10.1. The first kappa shape index (κ1) is 23.8. The third kappa shape index (κ3) is 3.62. The number of amides is 2. The highest BCUT2D eigenvalue weighted by Crippen LogP contribution is 2.59. The summed E-state index contributed by atoms with van der Waals surface area (Å²) in [6.07, 6.45) is 0.617. The van der Waals surface area contributed by atoms with Crippen molar-refractivity contribution in [3.8, 4) is 0 Å². The van der Waals surface area contributed by atoms with E-state index >= 15 is 0 Å². The maximum absolute atomic E-state index is 13.9. The molecule has 1 spiro atoms. The van der Waals surface area contributed by atoms with Gasteiger partial charge < -0.3 is 24.8 Å². The molecule has 0 unspecified atom stereocenters. The predicted molar refractivity (Wildman–Crippen MR) is 129 cm³/mol. The van der Waals surface area contributed by atoms with Crippen LogP contribution in [0.2, 0.25) is 0 Å². The number of hydrogen-bond donors (Lipinski definition) is 2. The summed E-state index contributed by atoms with van der Waals surface area (Å²) in [4.78, 5) is 42.1. The summed E-state index contributed by atoms with van der Waals surface area (Å²) in [5, 5.41) is 15.2. The largest absolute Gasteiger partial charge is 0.466 e. The van der Waals surface area contributed by atoms with Gasteiger partial charge in [0.15, 0.2) is 0 Å². The quantitative estimate of drug-likeness (QED) is 0.591. The van der Waals surface area contributed by atoms with Crippen molar-refractivity contribution in [1.29, 1.82) is 0 Å². The van der Waals surface area contributed by atoms with Gasteiger partial charge in [-0.3, -0.25) is 14.4 Å². The minimum absolute atomic E-state index is 0.103. The number of ether oxygens (including phenoxy) is 2. The maximum Gasteiger partial charge on any atom is 0.312 e. The second-order valence-electron chi connectivity index (χ2n) is 10.1. The summed E-state index contributed by atoms with van der Waals surface area (Å²) in [5.41, 5.74) is -0.511. The monoisotopic (exact) mass is 480 g/mol. The average molecular weight is 481 g/mol. The maximum atomic E-state index is 13.9. The van der Waals surface area contributed by atoms with Crippen LogP contribution in [0.5, 0.6) is 0 Å². The molecule has 0 aromatic heterocycles. The first-order valence-corrected chi connectivity index (χ1v) is 12.4. The molecule has 3 aliphatic rings. The topological polar surface area (TPSA) is 105 Å². The van der Waals surface area contributed by atoms with Crippen LogP contribution in [-0.2, 0) is 23.9 Å². The summed E-state index contributed by atoms with van der Waals surface area (Å²) in [6.45, 7) is 5.44. The lowest BCUT2D eigenvalue weighted by Gasteiger charge is -2.38. The Labute approximate surface area is 204 Å². The highest BCUT2D eigenvalue weighted by molar-refractivity contribution is 6.04. The van der Waals surface area contributed by atoms with Gasteiger partial charge in [0.1, 0.15) is 11.6 Å². The first-order chi connectivity index (χ1) is 16.8. The Morgan fingerprint density at radius 1 is 1.23 bits per heavy atom. The fourth-order valence-electron chi connectivity index (χ4n) is 6.35. The van der Waals surface area contributed by atoms with Crippen LogP contribution in [0.1, 0.15) is 33.6 Å². The van der Waals surface area contributed by atoms with Gasteiger partial charge in [-0.2, -0.15) is 0 Å². The van der Waals surface area contributed by atoms with Crippen LogP contribution in [0.4, 0.5) is 5.69 Å². The number of likely N-dealkylation sites (tertiary alicyclic amines) is 1. The number of esters is 1. The molecule has 0 radical (unpaired) electrons. The fraction of sp³-hybridized carbons (Fsp3) is 0.519. The summed E-state index contributed by atoms with van der Waals surface area (Å²) < 4.78 is 11.7. The number of aliphatic hydroxyl groups is 1. The third-order valence-corrected chi connectivity index (χ3v) is 7.88. The summed E-state index contributed by atoms with van der Waals surface area (Å²) in [7, 11) is 0. The molecule has 2 amide bonds. The molecule has 35 heavy (non-hydrogen) atoms. The van der Waals surface area contributed by atoms with Gasteiger partial charge in [0.05, 0.1) is 37.2 Å². The normalized spacial score (nSPS) is 30.1. The Morgan fingerprint density at radius 2 is 1.97 bits per heavy atom. The molecule has 0 aliphatic carbocycles. The van der Waals surface area contributed by atoms with Crippen molar-refractivity contribution in [3.63, 3.8) is 0 Å². The van der Waals surface area contributed by atoms with Crippen molar-refractivity contribution < 1.29 is 29.0 Å². The molecular weight excluding hydrogens is 448 g/mol. The molecule has 2 bridgehead atoms. The Kier molecular flexibility index (Phi) is 6.05. The number of nitrogens with zero attached hydrogens (tertiary/aromatic N) is 1. The number of anilines is 1. The van der Waals surface area contributed by atoms with Crippen molar-refractivity contribution in [2.45, 2.75) is 57.4 Å². The SMILES string of the molecule is CCOC(=O)[C@@H]1[C@@H]2CC[C@]3(O2)[C@H](C(=O)Nc2ccc4ccccc4c2)N([C@@H](CO)C(C)C)C(=O)[C@@H]13. The smallest absolute Gasteiger partial charge is 0.312 e. The molecule has 8 nitrogen and oxygen atoms in total. The molecule has 186 valence electrons. The molecule has 5 rings (SSSR count). The third-order valence-electron chi connectivity index (χ3n) is 7.88. The van der Waals surface area contributed by atoms with Gasteiger partial charge in [0.2, 0.25) is 11.8 Å². The van der Waals surface area contributed by atoms with E-state index in [2.05, 4.69) is 5.32 Å². The molecule has 3 saturated heterocycles. The van der Waals surface area contributed by atoms with Crippen LogP contribution in [-0.4, -0.2) is 64.8 Å². The summed E-state index contributed by atoms with van der Waals surface area (Å²) in [5.74, 6) is -2.81. The van der Waals surface area contributed by atoms with Crippen molar-refractivity contribution in [3.05, 3.63) is 42.5 Å². The Morgan fingerprint density at radius 3 is 2.66 bits per heavy atom. The second kappa shape index (κ2) is 8.91. The highest BCUT2D eigenvalue weighted by atomic mass is 16.6. The predicted octanol–water partition coefficient (Wildman–Crippen LogP) is 2.73. The van der Waals surface area contributed by atoms with E-state index in [1.807, 2.05) is 56.3 Å². The lowest BCUT2D eigenvalue weighted by Crippen LogP contribution is -2.57. The minimum Gasteiger partial charge on any atom is -0.466 e. The van der Waals surface area contributed by atoms with Gasteiger partial charge >= 0.3 is 5.97 Å². The average Bonchev–Trinajstić information content (AvgIpc) is 3.47. The van der Waals surface area contributed by atoms with Crippen molar-refractivity contribution >= 4 is 34.2 Å². The number of aliphatic hydroxyl groups excluding tert-OH is 1. The van der Waals surface area contributed by atoms with E-state index in [0.29, 0.717) is 18.5 Å². The van der Waals surface area contributed by atoms with Crippen LogP contribution in [0.25, 0.3) is 10.8 Å². The number of carbonyl (C=O) groups is 3. The lowest BCUT2D eigenvalue weighted by atomic mass is 9.70. The Bertz CT molecular complexity index is 1170. The van der Waals surface area contributed by atoms with Crippen LogP contribution in [0.15, 0.2) is 42.5 Å². The van der Waals surface area contributed by atoms with Gasteiger partial charge in [-0.05, 0) is 48.6 Å². The molecule has 3 heterocycles. The number of carbonyl (C=O) groups excluding carboxylic acids is 3. The van der Waals surface area contributed by atoms with E-state index < -0.39 is 41.6 Å². The molecule has 8 heteroatoms. The highest BCUT2D eigenvalue weighted by Gasteiger charge is 2.75. The van der Waals surface area contributed by atoms with Crippen LogP contribution in [0, 0.1) is 17.8 Å². The zero-order valence-corrected chi connectivity index (χ0v) is 20.3. The van der Waals surface area contributed by atoms with Gasteiger partial charge in [0.25, 0.3) is 0 Å². The van der Waals surface area contributed by atoms with E-state index in [9.17, 15) is 19.5 Å². The molecule has 2 N–H and O–H groups in total. The van der Waals surface area contributed by atoms with E-state index in [-0.39, 0.29) is 30.9 Å². The van der Waals surface area contributed by atoms with E-state index in [1.165, 1.54) is 4.90 Å². The number of benzene rings is 2. The standard InChI is InChI=1S/C27H32N2O6/c1-4-34-26(33)21-20-11-12-27(35-20)22(21)25(32)29(19(14-30)15(2)3)23(27)24(31)28-18-10-9-16-7-5-6-8-17(16)13-18/h5-10,13,15,19-23,30H,4,11-12,14H2,1-3H3,(H,28,31)/t19-,20-,21+,22+,23-,27+/m0/s1.